The van der Waals surface area contributed by atoms with E-state index in [1.807, 2.05) is 13.0 Å². The van der Waals surface area contributed by atoms with Crippen molar-refractivity contribution < 1.29 is 9.53 Å². The molecular weight excluding hydrogens is 426 g/mol. The fraction of sp³-hybridized carbons (Fsp3) is 0.150. The number of hydrogen-bond acceptors (Lipinski definition) is 4. The van der Waals surface area contributed by atoms with Crippen molar-refractivity contribution in [3.63, 3.8) is 0 Å². The summed E-state index contributed by atoms with van der Waals surface area (Å²) in [4.78, 5) is 37.0. The number of aromatic nitrogens is 2. The smallest absolute Gasteiger partial charge is 0.320 e. The van der Waals surface area contributed by atoms with E-state index in [0.29, 0.717) is 23.7 Å². The number of carbonyl (C=O) groups excluding carboxylic acids is 1. The number of rotatable bonds is 6. The highest BCUT2D eigenvalue weighted by Crippen LogP contribution is 2.16. The minimum atomic E-state index is -0.777. The predicted molar refractivity (Wildman–Crippen MR) is 110 cm³/mol. The molecule has 0 unspecified atom stereocenters. The SMILES string of the molecule is CCOc1ccc(-n2ccn(CC(=O)Nc3cccc(Br)c3)c(=O)c2=O)cc1. The van der Waals surface area contributed by atoms with E-state index in [9.17, 15) is 14.4 Å². The number of hydrogen-bond donors (Lipinski definition) is 1. The fourth-order valence-corrected chi connectivity index (χ4v) is 3.03. The van der Waals surface area contributed by atoms with Crippen molar-refractivity contribution in [2.45, 2.75) is 13.5 Å². The first kappa shape index (κ1) is 19.6. The average Bonchev–Trinajstić information content (AvgIpc) is 2.67. The number of ether oxygens (including phenoxy) is 1. The van der Waals surface area contributed by atoms with E-state index in [1.165, 1.54) is 17.0 Å². The Kier molecular flexibility index (Phi) is 6.10. The Morgan fingerprint density at radius 1 is 1.07 bits per heavy atom. The highest BCUT2D eigenvalue weighted by atomic mass is 79.9. The number of benzene rings is 2. The van der Waals surface area contributed by atoms with Crippen LogP contribution in [0.1, 0.15) is 6.92 Å². The largest absolute Gasteiger partial charge is 0.494 e. The molecule has 2 aromatic carbocycles. The summed E-state index contributed by atoms with van der Waals surface area (Å²) in [5.41, 5.74) is -0.380. The molecule has 1 heterocycles. The van der Waals surface area contributed by atoms with Gasteiger partial charge in [-0.05, 0) is 49.4 Å². The van der Waals surface area contributed by atoms with Gasteiger partial charge in [0.25, 0.3) is 0 Å². The van der Waals surface area contributed by atoms with Crippen molar-refractivity contribution in [2.75, 3.05) is 11.9 Å². The number of carbonyl (C=O) groups is 1. The van der Waals surface area contributed by atoms with E-state index in [-0.39, 0.29) is 6.54 Å². The summed E-state index contributed by atoms with van der Waals surface area (Å²) in [6.07, 6.45) is 2.88. The van der Waals surface area contributed by atoms with Gasteiger partial charge in [0.05, 0.1) is 6.61 Å². The molecule has 0 saturated carbocycles. The van der Waals surface area contributed by atoms with Crippen molar-refractivity contribution in [3.05, 3.63) is 86.1 Å². The second-order valence-corrected chi connectivity index (χ2v) is 6.81. The van der Waals surface area contributed by atoms with Crippen LogP contribution in [-0.2, 0) is 11.3 Å². The minimum Gasteiger partial charge on any atom is -0.494 e. The van der Waals surface area contributed by atoms with Crippen molar-refractivity contribution >= 4 is 27.5 Å². The Labute approximate surface area is 169 Å². The van der Waals surface area contributed by atoms with Gasteiger partial charge in [0.2, 0.25) is 5.91 Å². The van der Waals surface area contributed by atoms with Crippen LogP contribution < -0.4 is 21.2 Å². The van der Waals surface area contributed by atoms with Gasteiger partial charge in [0, 0.05) is 28.2 Å². The Morgan fingerprint density at radius 2 is 1.82 bits per heavy atom. The monoisotopic (exact) mass is 443 g/mol. The molecule has 144 valence electrons. The molecule has 0 aliphatic rings. The molecule has 3 aromatic rings. The summed E-state index contributed by atoms with van der Waals surface area (Å²) < 4.78 is 8.51. The van der Waals surface area contributed by atoms with Crippen LogP contribution >= 0.6 is 15.9 Å². The fourth-order valence-electron chi connectivity index (χ4n) is 2.63. The maximum absolute atomic E-state index is 12.4. The third kappa shape index (κ3) is 4.58. The predicted octanol–water partition coefficient (Wildman–Crippen LogP) is 2.80. The third-order valence-electron chi connectivity index (χ3n) is 3.91. The molecule has 1 aromatic heterocycles. The van der Waals surface area contributed by atoms with Crippen LogP contribution in [0.2, 0.25) is 0 Å². The number of amides is 1. The lowest BCUT2D eigenvalue weighted by molar-refractivity contribution is -0.116. The van der Waals surface area contributed by atoms with Crippen molar-refractivity contribution in [2.24, 2.45) is 0 Å². The van der Waals surface area contributed by atoms with Gasteiger partial charge in [-0.1, -0.05) is 22.0 Å². The van der Waals surface area contributed by atoms with Crippen LogP contribution in [0.3, 0.4) is 0 Å². The second kappa shape index (κ2) is 8.71. The number of anilines is 1. The summed E-state index contributed by atoms with van der Waals surface area (Å²) in [6, 6.07) is 13.9. The first-order valence-corrected chi connectivity index (χ1v) is 9.38. The number of halogens is 1. The maximum Gasteiger partial charge on any atom is 0.320 e. The number of nitrogens with one attached hydrogen (secondary N) is 1. The topological polar surface area (TPSA) is 82.3 Å². The Morgan fingerprint density at radius 3 is 2.50 bits per heavy atom. The summed E-state index contributed by atoms with van der Waals surface area (Å²) in [5, 5.41) is 2.69. The quantitative estimate of drug-likeness (QED) is 0.593. The van der Waals surface area contributed by atoms with E-state index < -0.39 is 17.0 Å². The molecule has 0 bridgehead atoms. The molecule has 3 rings (SSSR count). The van der Waals surface area contributed by atoms with E-state index in [1.54, 1.807) is 42.5 Å². The van der Waals surface area contributed by atoms with E-state index in [0.717, 1.165) is 9.04 Å². The van der Waals surface area contributed by atoms with Gasteiger partial charge < -0.3 is 10.1 Å². The average molecular weight is 444 g/mol. The van der Waals surface area contributed by atoms with Crippen molar-refractivity contribution in [1.82, 2.24) is 9.13 Å². The first-order valence-electron chi connectivity index (χ1n) is 8.58. The molecule has 0 spiro atoms. The van der Waals surface area contributed by atoms with Crippen LogP contribution in [0.25, 0.3) is 5.69 Å². The minimum absolute atomic E-state index is 0.259. The molecule has 0 aliphatic heterocycles. The molecule has 28 heavy (non-hydrogen) atoms. The molecule has 1 N–H and O–H groups in total. The van der Waals surface area contributed by atoms with E-state index in [4.69, 9.17) is 4.74 Å². The second-order valence-electron chi connectivity index (χ2n) is 5.89. The van der Waals surface area contributed by atoms with Crippen LogP contribution in [0.15, 0.2) is 75.0 Å². The maximum atomic E-state index is 12.4. The highest BCUT2D eigenvalue weighted by Gasteiger charge is 2.10. The molecular formula is C20H18BrN3O4. The van der Waals surface area contributed by atoms with Gasteiger partial charge >= 0.3 is 11.1 Å². The molecule has 7 nitrogen and oxygen atoms in total. The summed E-state index contributed by atoms with van der Waals surface area (Å²) in [6.45, 7) is 2.16. The van der Waals surface area contributed by atoms with Crippen LogP contribution in [0, 0.1) is 0 Å². The lowest BCUT2D eigenvalue weighted by atomic mass is 10.3. The normalized spacial score (nSPS) is 10.5. The van der Waals surface area contributed by atoms with Crippen LogP contribution in [0.5, 0.6) is 5.75 Å². The lowest BCUT2D eigenvalue weighted by Gasteiger charge is -2.10. The zero-order valence-corrected chi connectivity index (χ0v) is 16.7. The zero-order chi connectivity index (χ0) is 20.1. The molecule has 0 radical (unpaired) electrons. The summed E-state index contributed by atoms with van der Waals surface area (Å²) >= 11 is 3.32. The van der Waals surface area contributed by atoms with E-state index >= 15 is 0 Å². The summed E-state index contributed by atoms with van der Waals surface area (Å²) in [5.74, 6) is 0.273. The standard InChI is InChI=1S/C20H18BrN3O4/c1-2-28-17-8-6-16(7-9-17)24-11-10-23(19(26)20(24)27)13-18(25)22-15-5-3-4-14(21)12-15/h3-12H,2,13H2,1H3,(H,22,25). The molecule has 0 fully saturated rings. The number of nitrogens with zero attached hydrogens (tertiary/aromatic N) is 2. The molecule has 0 saturated heterocycles. The summed E-state index contributed by atoms with van der Waals surface area (Å²) in [7, 11) is 0. The Hall–Kier alpha value is -3.13. The molecule has 0 atom stereocenters. The molecule has 0 aliphatic carbocycles. The van der Waals surface area contributed by atoms with E-state index in [2.05, 4.69) is 21.2 Å². The third-order valence-corrected chi connectivity index (χ3v) is 4.40. The Bertz CT molecular complexity index is 1100. The van der Waals surface area contributed by atoms with Crippen molar-refractivity contribution in [1.29, 1.82) is 0 Å². The lowest BCUT2D eigenvalue weighted by Crippen LogP contribution is -2.41. The Balaban J connectivity index is 1.79. The zero-order valence-electron chi connectivity index (χ0n) is 15.1. The van der Waals surface area contributed by atoms with Gasteiger partial charge in [-0.3, -0.25) is 23.5 Å². The first-order chi connectivity index (χ1) is 13.5. The molecule has 1 amide bonds. The van der Waals surface area contributed by atoms with Gasteiger partial charge in [0.1, 0.15) is 12.3 Å². The van der Waals surface area contributed by atoms with Crippen LogP contribution in [0.4, 0.5) is 5.69 Å². The molecule has 8 heteroatoms. The van der Waals surface area contributed by atoms with Gasteiger partial charge in [0.15, 0.2) is 0 Å². The highest BCUT2D eigenvalue weighted by molar-refractivity contribution is 9.10. The van der Waals surface area contributed by atoms with Crippen molar-refractivity contribution in [3.8, 4) is 11.4 Å². The van der Waals surface area contributed by atoms with Gasteiger partial charge in [-0.15, -0.1) is 0 Å². The van der Waals surface area contributed by atoms with Gasteiger partial charge in [-0.25, -0.2) is 0 Å². The van der Waals surface area contributed by atoms with Crippen LogP contribution in [-0.4, -0.2) is 21.6 Å². The van der Waals surface area contributed by atoms with Gasteiger partial charge in [-0.2, -0.15) is 0 Å².